The van der Waals surface area contributed by atoms with Gasteiger partial charge in [-0.15, -0.1) is 22.7 Å². The van der Waals surface area contributed by atoms with Gasteiger partial charge in [0.1, 0.15) is 0 Å². The number of aliphatic hydroxyl groups is 5. The first-order chi connectivity index (χ1) is 31.5. The highest BCUT2D eigenvalue weighted by Gasteiger charge is 2.51. The van der Waals surface area contributed by atoms with Crippen LogP contribution < -0.4 is 0 Å². The van der Waals surface area contributed by atoms with E-state index in [4.69, 9.17) is 0 Å². The van der Waals surface area contributed by atoms with Crippen molar-refractivity contribution in [2.24, 2.45) is 46.3 Å². The van der Waals surface area contributed by atoms with E-state index in [1.165, 1.54) is 92.9 Å². The van der Waals surface area contributed by atoms with Gasteiger partial charge in [0.2, 0.25) is 0 Å². The van der Waals surface area contributed by atoms with E-state index in [0.717, 1.165) is 47.3 Å². The Morgan fingerprint density at radius 2 is 1.14 bits per heavy atom. The number of ketones is 1. The Labute approximate surface area is 406 Å². The van der Waals surface area contributed by atoms with Gasteiger partial charge in [-0.3, -0.25) is 4.79 Å². The van der Waals surface area contributed by atoms with Crippen LogP contribution in [0.4, 0.5) is 0 Å². The normalized spacial score (nSPS) is 34.9. The molecular weight excluding hydrogens is 857 g/mol. The number of hydrogen-bond donors (Lipinski definition) is 5. The molecule has 66 heavy (non-hydrogen) atoms. The van der Waals surface area contributed by atoms with Crippen molar-refractivity contribution in [2.75, 3.05) is 0 Å². The van der Waals surface area contributed by atoms with Crippen molar-refractivity contribution in [2.45, 2.75) is 213 Å². The average molecular weight is 943 g/mol. The lowest BCUT2D eigenvalue weighted by atomic mass is 9.60. The lowest BCUT2D eigenvalue weighted by Gasteiger charge is -2.44. The van der Waals surface area contributed by atoms with Crippen molar-refractivity contribution in [3.63, 3.8) is 0 Å². The van der Waals surface area contributed by atoms with E-state index in [9.17, 15) is 30.3 Å². The number of thiophene rings is 2. The van der Waals surface area contributed by atoms with Gasteiger partial charge >= 0.3 is 0 Å². The second-order valence-corrected chi connectivity index (χ2v) is 24.8. The van der Waals surface area contributed by atoms with Crippen LogP contribution in [0.2, 0.25) is 0 Å². The summed E-state index contributed by atoms with van der Waals surface area (Å²) < 4.78 is 0. The number of rotatable bonds is 14. The molecule has 5 N–H and O–H groups in total. The van der Waals surface area contributed by atoms with E-state index in [0.29, 0.717) is 85.2 Å². The Hall–Kier alpha value is -2.17. The molecule has 13 atom stereocenters. The van der Waals surface area contributed by atoms with Gasteiger partial charge in [0.15, 0.2) is 5.78 Å². The van der Waals surface area contributed by atoms with Crippen LogP contribution >= 0.6 is 22.7 Å². The molecule has 366 valence electrons. The van der Waals surface area contributed by atoms with E-state index < -0.39 is 24.4 Å². The highest BCUT2D eigenvalue weighted by molar-refractivity contribution is 7.12. The molecule has 0 aromatic carbocycles. The number of carbonyl (C=O) groups excluding carboxylic acids is 1. The Morgan fingerprint density at radius 1 is 0.667 bits per heavy atom. The van der Waals surface area contributed by atoms with Crippen molar-refractivity contribution in [1.82, 2.24) is 0 Å². The third-order valence-corrected chi connectivity index (χ3v) is 20.1. The van der Waals surface area contributed by atoms with Crippen molar-refractivity contribution in [1.29, 1.82) is 0 Å². The number of Topliss-reactive ketones (excluding diaryl/α,β-unsaturated/α-hetero) is 1. The summed E-state index contributed by atoms with van der Waals surface area (Å²) in [5, 5.41) is 54.8. The largest absolute Gasteiger partial charge is 0.393 e. The molecule has 6 aliphatic rings. The van der Waals surface area contributed by atoms with Crippen LogP contribution in [0.3, 0.4) is 0 Å². The fourth-order valence-corrected chi connectivity index (χ4v) is 16.4. The van der Waals surface area contributed by atoms with Gasteiger partial charge in [0.05, 0.1) is 35.4 Å². The van der Waals surface area contributed by atoms with E-state index >= 15 is 0 Å². The first-order valence-electron chi connectivity index (χ1n) is 26.3. The van der Waals surface area contributed by atoms with Gasteiger partial charge in [0, 0.05) is 11.3 Å². The highest BCUT2D eigenvalue weighted by atomic mass is 32.1. The number of fused-ring (bicyclic) bond motifs is 2. The van der Waals surface area contributed by atoms with Crippen molar-refractivity contribution in [3.8, 4) is 0 Å². The zero-order chi connectivity index (χ0) is 47.2. The minimum Gasteiger partial charge on any atom is -0.393 e. The molecule has 0 spiro atoms. The molecule has 0 saturated heterocycles. The van der Waals surface area contributed by atoms with Crippen LogP contribution in [-0.2, 0) is 0 Å². The molecule has 0 unspecified atom stereocenters. The number of aliphatic hydroxyl groups excluding tert-OH is 5. The zero-order valence-corrected chi connectivity index (χ0v) is 43.1. The van der Waals surface area contributed by atoms with Crippen LogP contribution in [0.15, 0.2) is 69.5 Å². The predicted octanol–water partition coefficient (Wildman–Crippen LogP) is 13.9. The van der Waals surface area contributed by atoms with E-state index in [2.05, 4.69) is 82.7 Å². The van der Waals surface area contributed by atoms with Crippen LogP contribution in [0, 0.1) is 60.2 Å². The minimum atomic E-state index is -0.401. The summed E-state index contributed by atoms with van der Waals surface area (Å²) in [5.74, 6) is 4.48. The van der Waals surface area contributed by atoms with Crippen LogP contribution in [0.1, 0.15) is 201 Å². The smallest absolute Gasteiger partial charge is 0.172 e. The first kappa shape index (κ1) is 51.7. The molecule has 6 fully saturated rings. The second-order valence-electron chi connectivity index (χ2n) is 23.0. The lowest BCUT2D eigenvalue weighted by molar-refractivity contribution is 0.0602. The quantitative estimate of drug-likeness (QED) is 0.120. The summed E-state index contributed by atoms with van der Waals surface area (Å²) in [6.07, 6.45) is 29.8. The monoisotopic (exact) mass is 943 g/mol. The summed E-state index contributed by atoms with van der Waals surface area (Å²) in [6.45, 7) is 14.1. The van der Waals surface area contributed by atoms with E-state index in [1.807, 2.05) is 6.07 Å². The third kappa shape index (κ3) is 12.8. The van der Waals surface area contributed by atoms with Crippen LogP contribution in [0.25, 0.3) is 0 Å². The minimum absolute atomic E-state index is 0.308. The van der Waals surface area contributed by atoms with Gasteiger partial charge < -0.3 is 25.5 Å². The number of allylic oxidation sites excluding steroid dienone is 6. The molecule has 6 saturated carbocycles. The van der Waals surface area contributed by atoms with Crippen molar-refractivity contribution in [3.05, 3.63) is 90.4 Å². The fraction of sp³-hybridized carbons (Fsp3) is 0.707. The topological polar surface area (TPSA) is 118 Å². The van der Waals surface area contributed by atoms with Gasteiger partial charge in [0.25, 0.3) is 0 Å². The average Bonchev–Trinajstić information content (AvgIpc) is 4.06. The third-order valence-electron chi connectivity index (χ3n) is 17.9. The van der Waals surface area contributed by atoms with Gasteiger partial charge in [-0.1, -0.05) is 87.1 Å². The van der Waals surface area contributed by atoms with Crippen molar-refractivity contribution < 1.29 is 30.3 Å². The Morgan fingerprint density at radius 3 is 1.59 bits per heavy atom. The highest BCUT2D eigenvalue weighted by Crippen LogP contribution is 2.61. The number of carbonyl (C=O) groups is 1. The van der Waals surface area contributed by atoms with Crippen LogP contribution in [0.5, 0.6) is 0 Å². The number of aryl methyl sites for hydroxylation is 2. The summed E-state index contributed by atoms with van der Waals surface area (Å²) in [6, 6.07) is 4.15. The number of hydrogen-bond acceptors (Lipinski definition) is 8. The SMILES string of the molecule is Cc1csc(C(=O)CCC[C@@H](C)[C@H]2CC[C@H]3/C(=C/C=C4C[C@@H](O)C[C@H](O)C4)CCC[C@]23C)c1.Cc1csc([C@@H](O)CCC[C@@H](C)[C@H]2CC[C@H]3/C(=C/C=C4C[C@@H](O)C[C@H](O)C4)CCC[C@]23C)c1. The molecule has 0 radical (unpaired) electrons. The maximum absolute atomic E-state index is 12.5. The molecule has 2 aromatic rings. The molecule has 0 bridgehead atoms. The predicted molar refractivity (Wildman–Crippen MR) is 274 cm³/mol. The summed E-state index contributed by atoms with van der Waals surface area (Å²) in [4.78, 5) is 14.5. The summed E-state index contributed by atoms with van der Waals surface area (Å²) >= 11 is 3.27. The Balaban J connectivity index is 0.000000196. The molecule has 0 amide bonds. The lowest BCUT2D eigenvalue weighted by Crippen LogP contribution is -2.36. The fourth-order valence-electron chi connectivity index (χ4n) is 14.6. The molecular formula is C58H86O6S2. The maximum Gasteiger partial charge on any atom is 0.172 e. The Kier molecular flexibility index (Phi) is 18.1. The molecule has 8 heteroatoms. The maximum atomic E-state index is 12.5. The summed E-state index contributed by atoms with van der Waals surface area (Å²) in [7, 11) is 0. The van der Waals surface area contributed by atoms with E-state index in [1.54, 1.807) is 33.8 Å². The molecule has 2 aromatic heterocycles. The van der Waals surface area contributed by atoms with Crippen molar-refractivity contribution >= 4 is 28.5 Å². The van der Waals surface area contributed by atoms with Gasteiger partial charge in [-0.25, -0.2) is 0 Å². The standard InChI is InChI=1S/C29H44O3S.C29H42O3S/c2*1-19-14-28(33-18-19)27(32)8-4-6-20(2)25-11-12-26-22(7-5-13-29(25,26)3)10-9-21-15-23(30)17-24(31)16-21/h9-10,14,18,20,23-27,30-32H,4-8,11-13,15-17H2,1-3H3;9-10,14,18,20,23-26,30-31H,4-8,11-13,15-17H2,1-3H3/b2*22-10+/t20-,23-,24-,25-,26+,27+,29-;20-,23-,24-,25-,26+,29-/m11/s1. The molecule has 8 rings (SSSR count). The first-order valence-corrected chi connectivity index (χ1v) is 28.1. The van der Waals surface area contributed by atoms with Gasteiger partial charge in [-0.2, -0.15) is 0 Å². The molecule has 6 aliphatic carbocycles. The molecule has 2 heterocycles. The van der Waals surface area contributed by atoms with Gasteiger partial charge in [-0.05, 0) is 216 Å². The van der Waals surface area contributed by atoms with Crippen LogP contribution in [-0.4, -0.2) is 55.7 Å². The molecule has 0 aliphatic heterocycles. The Bertz CT molecular complexity index is 2010. The zero-order valence-electron chi connectivity index (χ0n) is 41.5. The summed E-state index contributed by atoms with van der Waals surface area (Å²) in [5.41, 5.74) is 8.76. The second kappa shape index (κ2) is 23.2. The van der Waals surface area contributed by atoms with E-state index in [-0.39, 0.29) is 6.10 Å². The molecule has 6 nitrogen and oxygen atoms in total.